The van der Waals surface area contributed by atoms with E-state index >= 15 is 0 Å². The van der Waals surface area contributed by atoms with Gasteiger partial charge in [-0.25, -0.2) is 0 Å². The summed E-state index contributed by atoms with van der Waals surface area (Å²) in [5, 5.41) is 3.30. The Bertz CT molecular complexity index is 1070. The Morgan fingerprint density at radius 1 is 1.22 bits per heavy atom. The number of anilines is 1. The highest BCUT2D eigenvalue weighted by Crippen LogP contribution is 2.43. The van der Waals surface area contributed by atoms with Gasteiger partial charge in [-0.15, -0.1) is 0 Å². The van der Waals surface area contributed by atoms with Crippen LogP contribution >= 0.6 is 0 Å². The SMILES string of the molecule is CC1(C)CC(=O)c2c(C(F)(F)F)cn(-c3ccc(C(N)=O)c(NC4CCOCC4)c3)c2C1. The second-order valence-corrected chi connectivity index (χ2v) is 9.30. The summed E-state index contributed by atoms with van der Waals surface area (Å²) in [5.74, 6) is -1.13. The third kappa shape index (κ3) is 4.26. The second-order valence-electron chi connectivity index (χ2n) is 9.30. The summed E-state index contributed by atoms with van der Waals surface area (Å²) in [5.41, 5.74) is 5.38. The normalized spacial score (nSPS) is 19.0. The number of nitrogens with zero attached hydrogens (tertiary/aromatic N) is 1. The number of carbonyl (C=O) groups excluding carboxylic acids is 2. The number of primary amides is 1. The first kappa shape index (κ1) is 22.4. The fourth-order valence-electron chi connectivity index (χ4n) is 4.59. The van der Waals surface area contributed by atoms with Crippen LogP contribution < -0.4 is 11.1 Å². The van der Waals surface area contributed by atoms with Crippen LogP contribution in [0.15, 0.2) is 24.4 Å². The molecule has 1 aromatic heterocycles. The summed E-state index contributed by atoms with van der Waals surface area (Å²) in [6.07, 6.45) is -1.80. The molecule has 9 heteroatoms. The third-order valence-electron chi connectivity index (χ3n) is 6.10. The van der Waals surface area contributed by atoms with E-state index in [1.54, 1.807) is 12.1 Å². The highest BCUT2D eigenvalue weighted by Gasteiger charge is 2.43. The summed E-state index contributed by atoms with van der Waals surface area (Å²) >= 11 is 0. The Hall–Kier alpha value is -2.81. The van der Waals surface area contributed by atoms with Crippen LogP contribution in [0.25, 0.3) is 5.69 Å². The molecule has 2 aliphatic rings. The number of halogens is 3. The third-order valence-corrected chi connectivity index (χ3v) is 6.10. The van der Waals surface area contributed by atoms with Crippen molar-refractivity contribution in [2.24, 2.45) is 11.1 Å². The van der Waals surface area contributed by atoms with Crippen LogP contribution in [-0.2, 0) is 17.3 Å². The Kier molecular flexibility index (Phi) is 5.56. The Labute approximate surface area is 183 Å². The van der Waals surface area contributed by atoms with E-state index in [2.05, 4.69) is 5.32 Å². The molecule has 0 unspecified atom stereocenters. The zero-order chi connectivity index (χ0) is 23.3. The minimum atomic E-state index is -4.65. The number of hydrogen-bond donors (Lipinski definition) is 2. The molecule has 172 valence electrons. The minimum absolute atomic E-state index is 0.0573. The van der Waals surface area contributed by atoms with Gasteiger partial charge >= 0.3 is 6.18 Å². The summed E-state index contributed by atoms with van der Waals surface area (Å²) in [6.45, 7) is 4.90. The van der Waals surface area contributed by atoms with Gasteiger partial charge in [-0.05, 0) is 42.9 Å². The standard InChI is InChI=1S/C23H26F3N3O3/c1-22(2)10-18-20(19(30)11-22)16(23(24,25)26)12-29(18)14-3-4-15(21(27)31)17(9-14)28-13-5-7-32-8-6-13/h3-4,9,12-13,28H,5-8,10-11H2,1-2H3,(H2,27,31). The number of aromatic nitrogens is 1. The second kappa shape index (κ2) is 7.95. The van der Waals surface area contributed by atoms with E-state index in [-0.39, 0.29) is 23.6 Å². The maximum Gasteiger partial charge on any atom is 0.418 e. The number of fused-ring (bicyclic) bond motifs is 1. The van der Waals surface area contributed by atoms with E-state index in [9.17, 15) is 22.8 Å². The average Bonchev–Trinajstić information content (AvgIpc) is 3.07. The van der Waals surface area contributed by atoms with Crippen LogP contribution in [0.3, 0.4) is 0 Å². The number of rotatable bonds is 4. The monoisotopic (exact) mass is 449 g/mol. The van der Waals surface area contributed by atoms with Crippen molar-refractivity contribution < 1.29 is 27.5 Å². The molecule has 32 heavy (non-hydrogen) atoms. The lowest BCUT2D eigenvalue weighted by Gasteiger charge is -2.30. The molecule has 0 radical (unpaired) electrons. The number of hydrogen-bond acceptors (Lipinski definition) is 4. The fraction of sp³-hybridized carbons (Fsp3) is 0.478. The molecule has 0 bridgehead atoms. The van der Waals surface area contributed by atoms with Crippen molar-refractivity contribution in [2.45, 2.75) is 51.7 Å². The minimum Gasteiger partial charge on any atom is -0.381 e. The van der Waals surface area contributed by atoms with Gasteiger partial charge in [-0.3, -0.25) is 9.59 Å². The van der Waals surface area contributed by atoms with Crippen LogP contribution in [0, 0.1) is 5.41 Å². The lowest BCUT2D eigenvalue weighted by molar-refractivity contribution is -0.137. The number of nitrogens with two attached hydrogens (primary N) is 1. The first-order valence-corrected chi connectivity index (χ1v) is 10.6. The maximum absolute atomic E-state index is 13.8. The van der Waals surface area contributed by atoms with Gasteiger partial charge in [0.15, 0.2) is 5.78 Å². The number of benzene rings is 1. The molecule has 1 aliphatic carbocycles. The number of Topliss-reactive ketones (excluding diaryl/α,β-unsaturated/α-hetero) is 1. The maximum atomic E-state index is 13.8. The first-order valence-electron chi connectivity index (χ1n) is 10.6. The molecule has 2 heterocycles. The number of alkyl halides is 3. The Morgan fingerprint density at radius 3 is 2.53 bits per heavy atom. The number of amides is 1. The zero-order valence-corrected chi connectivity index (χ0v) is 18.0. The molecule has 6 nitrogen and oxygen atoms in total. The van der Waals surface area contributed by atoms with Crippen LogP contribution in [0.5, 0.6) is 0 Å². The molecule has 1 amide bonds. The van der Waals surface area contributed by atoms with Gasteiger partial charge in [-0.1, -0.05) is 13.8 Å². The van der Waals surface area contributed by atoms with E-state index < -0.39 is 28.8 Å². The van der Waals surface area contributed by atoms with Crippen molar-refractivity contribution in [2.75, 3.05) is 18.5 Å². The molecular weight excluding hydrogens is 423 g/mol. The van der Waals surface area contributed by atoms with Gasteiger partial charge in [0.25, 0.3) is 5.91 Å². The summed E-state index contributed by atoms with van der Waals surface area (Å²) in [6, 6.07) is 4.75. The van der Waals surface area contributed by atoms with Crippen LogP contribution in [0.4, 0.5) is 18.9 Å². The lowest BCUT2D eigenvalue weighted by atomic mass is 9.75. The predicted octanol–water partition coefficient (Wildman–Crippen LogP) is 4.34. The number of nitrogens with one attached hydrogen (secondary N) is 1. The number of ketones is 1. The van der Waals surface area contributed by atoms with E-state index in [1.807, 2.05) is 13.8 Å². The number of ether oxygens (including phenoxy) is 1. The fourth-order valence-corrected chi connectivity index (χ4v) is 4.59. The van der Waals surface area contributed by atoms with Crippen molar-refractivity contribution in [3.8, 4) is 5.69 Å². The summed E-state index contributed by atoms with van der Waals surface area (Å²) in [7, 11) is 0. The highest BCUT2D eigenvalue weighted by molar-refractivity contribution is 6.01. The van der Waals surface area contributed by atoms with Crippen molar-refractivity contribution in [1.29, 1.82) is 0 Å². The largest absolute Gasteiger partial charge is 0.418 e. The molecule has 4 rings (SSSR count). The van der Waals surface area contributed by atoms with Crippen molar-refractivity contribution in [3.05, 3.63) is 46.8 Å². The smallest absolute Gasteiger partial charge is 0.381 e. The topological polar surface area (TPSA) is 86.4 Å². The molecule has 0 spiro atoms. The van der Waals surface area contributed by atoms with Gasteiger partial charge < -0.3 is 20.4 Å². The molecule has 1 fully saturated rings. The number of carbonyl (C=O) groups is 2. The molecule has 1 aliphatic heterocycles. The van der Waals surface area contributed by atoms with Crippen molar-refractivity contribution in [3.63, 3.8) is 0 Å². The molecule has 3 N–H and O–H groups in total. The molecule has 1 aromatic carbocycles. The Balaban J connectivity index is 1.83. The van der Waals surface area contributed by atoms with Crippen molar-refractivity contribution >= 4 is 17.4 Å². The molecule has 1 saturated heterocycles. The molecular formula is C23H26F3N3O3. The quantitative estimate of drug-likeness (QED) is 0.727. The Morgan fingerprint density at radius 2 is 1.91 bits per heavy atom. The first-order chi connectivity index (χ1) is 15.0. The van der Waals surface area contributed by atoms with E-state index in [0.29, 0.717) is 36.7 Å². The summed E-state index contributed by atoms with van der Waals surface area (Å²) in [4.78, 5) is 24.7. The summed E-state index contributed by atoms with van der Waals surface area (Å²) < 4.78 is 48.1. The van der Waals surface area contributed by atoms with E-state index in [1.165, 1.54) is 10.6 Å². The molecule has 2 aromatic rings. The van der Waals surface area contributed by atoms with Gasteiger partial charge in [-0.2, -0.15) is 13.2 Å². The predicted molar refractivity (Wildman–Crippen MR) is 113 cm³/mol. The van der Waals surface area contributed by atoms with Gasteiger partial charge in [0.2, 0.25) is 0 Å². The zero-order valence-electron chi connectivity index (χ0n) is 18.0. The molecule has 0 saturated carbocycles. The van der Waals surface area contributed by atoms with Crippen molar-refractivity contribution in [1.82, 2.24) is 4.57 Å². The highest BCUT2D eigenvalue weighted by atomic mass is 19.4. The van der Waals surface area contributed by atoms with Crippen LogP contribution in [0.2, 0.25) is 0 Å². The van der Waals surface area contributed by atoms with Gasteiger partial charge in [0.05, 0.1) is 16.7 Å². The van der Waals surface area contributed by atoms with Crippen LogP contribution in [0.1, 0.15) is 65.1 Å². The van der Waals surface area contributed by atoms with Crippen LogP contribution in [-0.4, -0.2) is 35.5 Å². The van der Waals surface area contributed by atoms with Gasteiger partial charge in [0.1, 0.15) is 0 Å². The molecule has 0 atom stereocenters. The van der Waals surface area contributed by atoms with E-state index in [4.69, 9.17) is 10.5 Å². The van der Waals surface area contributed by atoms with Gasteiger partial charge in [0, 0.05) is 48.9 Å². The van der Waals surface area contributed by atoms with E-state index in [0.717, 1.165) is 19.0 Å². The average molecular weight is 449 g/mol. The lowest BCUT2D eigenvalue weighted by Crippen LogP contribution is -2.29.